The summed E-state index contributed by atoms with van der Waals surface area (Å²) in [6, 6.07) is -0.367. The number of hydrogen-bond donors (Lipinski definition) is 2. The van der Waals surface area contributed by atoms with Crippen molar-refractivity contribution in [1.82, 2.24) is 4.90 Å². The first-order valence-corrected chi connectivity index (χ1v) is 7.50. The monoisotopic (exact) mass is 265 g/mol. The Kier molecular flexibility index (Phi) is 4.91. The van der Waals surface area contributed by atoms with Gasteiger partial charge in [-0.05, 0) is 6.42 Å². The van der Waals surface area contributed by atoms with Gasteiger partial charge in [0.25, 0.3) is 0 Å². The minimum Gasteiger partial charge on any atom is -0.394 e. The van der Waals surface area contributed by atoms with Crippen LogP contribution in [0.15, 0.2) is 0 Å². The molecule has 7 heteroatoms. The van der Waals surface area contributed by atoms with Crippen molar-refractivity contribution in [1.29, 1.82) is 0 Å². The normalized spacial score (nSPS) is 24.5. The van der Waals surface area contributed by atoms with Gasteiger partial charge in [0.05, 0.1) is 24.2 Å². The van der Waals surface area contributed by atoms with Crippen molar-refractivity contribution in [2.45, 2.75) is 31.9 Å². The second-order valence-corrected chi connectivity index (χ2v) is 6.52. The summed E-state index contributed by atoms with van der Waals surface area (Å²) < 4.78 is 22.7. The van der Waals surface area contributed by atoms with Crippen LogP contribution in [0.2, 0.25) is 0 Å². The van der Waals surface area contributed by atoms with Crippen molar-refractivity contribution in [3.63, 3.8) is 0 Å². The maximum absolute atomic E-state index is 11.7. The lowest BCUT2D eigenvalue weighted by molar-refractivity contribution is -0.134. The zero-order valence-electron chi connectivity index (χ0n) is 9.87. The Balaban J connectivity index is 2.74. The quantitative estimate of drug-likeness (QED) is 0.649. The lowest BCUT2D eigenvalue weighted by Crippen LogP contribution is -2.45. The van der Waals surface area contributed by atoms with Crippen LogP contribution in [0.25, 0.3) is 0 Å². The molecule has 1 aliphatic heterocycles. The van der Waals surface area contributed by atoms with Gasteiger partial charge in [0.15, 0.2) is 9.84 Å². The molecular weight excluding hydrogens is 246 g/mol. The first kappa shape index (κ1) is 14.4. The van der Waals surface area contributed by atoms with E-state index in [4.69, 9.17) is 5.11 Å². The van der Waals surface area contributed by atoms with Gasteiger partial charge in [0.2, 0.25) is 5.91 Å². The van der Waals surface area contributed by atoms with Gasteiger partial charge < -0.3 is 15.1 Å². The molecule has 0 bridgehead atoms. The number of aliphatic hydroxyl groups excluding tert-OH is 2. The highest BCUT2D eigenvalue weighted by atomic mass is 32.2. The third kappa shape index (κ3) is 3.93. The van der Waals surface area contributed by atoms with E-state index in [0.29, 0.717) is 6.42 Å². The van der Waals surface area contributed by atoms with Gasteiger partial charge in [0.1, 0.15) is 0 Å². The molecule has 1 rings (SSSR count). The lowest BCUT2D eigenvalue weighted by atomic mass is 10.2. The van der Waals surface area contributed by atoms with E-state index < -0.39 is 22.5 Å². The molecule has 1 heterocycles. The topological polar surface area (TPSA) is 94.9 Å². The van der Waals surface area contributed by atoms with Crippen molar-refractivity contribution in [3.05, 3.63) is 0 Å². The van der Waals surface area contributed by atoms with E-state index in [-0.39, 0.29) is 36.4 Å². The molecule has 0 spiro atoms. The first-order chi connectivity index (χ1) is 7.89. The van der Waals surface area contributed by atoms with E-state index in [1.807, 2.05) is 0 Å². The first-order valence-electron chi connectivity index (χ1n) is 5.68. The summed E-state index contributed by atoms with van der Waals surface area (Å²) in [5, 5.41) is 18.1. The van der Waals surface area contributed by atoms with Crippen molar-refractivity contribution in [3.8, 4) is 0 Å². The summed E-state index contributed by atoms with van der Waals surface area (Å²) in [6.45, 7) is 1.24. The standard InChI is InChI=1S/C10H19NO5S/c1-2-10(14)11(5-9(13)6-12)8-3-4-17(15,16)7-8/h8-9,12-13H,2-7H2,1H3. The molecule has 100 valence electrons. The third-order valence-electron chi connectivity index (χ3n) is 2.89. The van der Waals surface area contributed by atoms with Crippen LogP contribution in [-0.4, -0.2) is 66.2 Å². The van der Waals surface area contributed by atoms with Gasteiger partial charge in [-0.25, -0.2) is 8.42 Å². The van der Waals surface area contributed by atoms with E-state index in [9.17, 15) is 18.3 Å². The highest BCUT2D eigenvalue weighted by Gasteiger charge is 2.34. The Labute approximate surface area is 101 Å². The largest absolute Gasteiger partial charge is 0.394 e. The summed E-state index contributed by atoms with van der Waals surface area (Å²) in [4.78, 5) is 13.1. The zero-order valence-corrected chi connectivity index (χ0v) is 10.7. The summed E-state index contributed by atoms with van der Waals surface area (Å²) >= 11 is 0. The molecule has 0 aromatic carbocycles. The predicted molar refractivity (Wildman–Crippen MR) is 62.2 cm³/mol. The summed E-state index contributed by atoms with van der Waals surface area (Å²) in [7, 11) is -3.06. The van der Waals surface area contributed by atoms with Crippen molar-refractivity contribution >= 4 is 15.7 Å². The Bertz CT molecular complexity index is 367. The maximum Gasteiger partial charge on any atom is 0.222 e. The predicted octanol–water partition coefficient (Wildman–Crippen LogP) is -1.23. The zero-order chi connectivity index (χ0) is 13.1. The molecule has 2 atom stereocenters. The van der Waals surface area contributed by atoms with Crippen LogP contribution in [0.4, 0.5) is 0 Å². The van der Waals surface area contributed by atoms with Crippen LogP contribution in [0.3, 0.4) is 0 Å². The molecule has 0 saturated carbocycles. The van der Waals surface area contributed by atoms with E-state index >= 15 is 0 Å². The number of amides is 1. The van der Waals surface area contributed by atoms with Crippen LogP contribution in [-0.2, 0) is 14.6 Å². The molecular formula is C10H19NO5S. The van der Waals surface area contributed by atoms with Gasteiger partial charge in [-0.3, -0.25) is 4.79 Å². The van der Waals surface area contributed by atoms with Gasteiger partial charge in [0, 0.05) is 19.0 Å². The number of rotatable bonds is 5. The Morgan fingerprint density at radius 2 is 2.18 bits per heavy atom. The SMILES string of the molecule is CCC(=O)N(CC(O)CO)C1CCS(=O)(=O)C1. The molecule has 0 aromatic rings. The van der Waals surface area contributed by atoms with Crippen LogP contribution in [0, 0.1) is 0 Å². The Morgan fingerprint density at radius 1 is 1.53 bits per heavy atom. The minimum absolute atomic E-state index is 0.0106. The van der Waals surface area contributed by atoms with Crippen LogP contribution in [0.5, 0.6) is 0 Å². The van der Waals surface area contributed by atoms with Gasteiger partial charge in [-0.1, -0.05) is 6.92 Å². The number of carbonyl (C=O) groups excluding carboxylic acids is 1. The lowest BCUT2D eigenvalue weighted by Gasteiger charge is -2.29. The fourth-order valence-electron chi connectivity index (χ4n) is 1.96. The molecule has 0 radical (unpaired) electrons. The molecule has 0 aliphatic carbocycles. The van der Waals surface area contributed by atoms with Crippen molar-refractivity contribution in [2.24, 2.45) is 0 Å². The average Bonchev–Trinajstić information content (AvgIpc) is 2.64. The second kappa shape index (κ2) is 5.79. The fourth-order valence-corrected chi connectivity index (χ4v) is 3.69. The number of sulfone groups is 1. The molecule has 1 amide bonds. The number of carbonyl (C=O) groups is 1. The molecule has 0 aromatic heterocycles. The summed E-state index contributed by atoms with van der Waals surface area (Å²) in [5.74, 6) is -0.156. The van der Waals surface area contributed by atoms with Gasteiger partial charge in [-0.2, -0.15) is 0 Å². The molecule has 1 aliphatic rings. The average molecular weight is 265 g/mol. The summed E-state index contributed by atoms with van der Waals surface area (Å²) in [6.07, 6.45) is -0.352. The fraction of sp³-hybridized carbons (Fsp3) is 0.900. The molecule has 2 N–H and O–H groups in total. The second-order valence-electron chi connectivity index (χ2n) is 4.29. The van der Waals surface area contributed by atoms with Crippen LogP contribution >= 0.6 is 0 Å². The maximum atomic E-state index is 11.7. The smallest absolute Gasteiger partial charge is 0.222 e. The van der Waals surface area contributed by atoms with E-state index in [1.54, 1.807) is 6.92 Å². The van der Waals surface area contributed by atoms with E-state index in [2.05, 4.69) is 0 Å². The van der Waals surface area contributed by atoms with Crippen LogP contribution in [0.1, 0.15) is 19.8 Å². The molecule has 2 unspecified atom stereocenters. The number of hydrogen-bond acceptors (Lipinski definition) is 5. The molecule has 17 heavy (non-hydrogen) atoms. The number of aliphatic hydroxyl groups is 2. The highest BCUT2D eigenvalue weighted by molar-refractivity contribution is 7.91. The van der Waals surface area contributed by atoms with Crippen molar-refractivity contribution in [2.75, 3.05) is 24.7 Å². The van der Waals surface area contributed by atoms with Crippen LogP contribution < -0.4 is 0 Å². The minimum atomic E-state index is -3.06. The Morgan fingerprint density at radius 3 is 2.59 bits per heavy atom. The van der Waals surface area contributed by atoms with E-state index in [0.717, 1.165) is 0 Å². The van der Waals surface area contributed by atoms with Crippen molar-refractivity contribution < 1.29 is 23.4 Å². The van der Waals surface area contributed by atoms with Gasteiger partial charge >= 0.3 is 0 Å². The van der Waals surface area contributed by atoms with E-state index in [1.165, 1.54) is 4.90 Å². The molecule has 1 fully saturated rings. The molecule has 6 nitrogen and oxygen atoms in total. The highest BCUT2D eigenvalue weighted by Crippen LogP contribution is 2.18. The third-order valence-corrected chi connectivity index (χ3v) is 4.64. The number of nitrogens with zero attached hydrogens (tertiary/aromatic N) is 1. The molecule has 1 saturated heterocycles. The summed E-state index contributed by atoms with van der Waals surface area (Å²) in [5.41, 5.74) is 0. The Hall–Kier alpha value is -0.660. The van der Waals surface area contributed by atoms with Gasteiger partial charge in [-0.15, -0.1) is 0 Å².